The first kappa shape index (κ1) is 22.1. The molecule has 0 fully saturated rings. The van der Waals surface area contributed by atoms with Gasteiger partial charge in [0.1, 0.15) is 0 Å². The number of aryl methyl sites for hydroxylation is 1. The van der Waals surface area contributed by atoms with Crippen LogP contribution in [-0.4, -0.2) is 38.1 Å². The predicted molar refractivity (Wildman–Crippen MR) is 125 cm³/mol. The Bertz CT molecular complexity index is 1020. The molecule has 7 nitrogen and oxygen atoms in total. The first-order chi connectivity index (χ1) is 14.5. The minimum absolute atomic E-state index is 0.145. The van der Waals surface area contributed by atoms with Crippen molar-refractivity contribution >= 4 is 46.6 Å². The molecule has 30 heavy (non-hydrogen) atoms. The molecule has 0 atom stereocenters. The Kier molecular flexibility index (Phi) is 7.67. The summed E-state index contributed by atoms with van der Waals surface area (Å²) >= 11 is 12.3. The summed E-state index contributed by atoms with van der Waals surface area (Å²) in [5.41, 5.74) is 8.16. The number of carbonyl (C=O) groups excluding carboxylic acids is 1. The van der Waals surface area contributed by atoms with Gasteiger partial charge in [0.2, 0.25) is 5.91 Å². The van der Waals surface area contributed by atoms with Crippen LogP contribution in [0.2, 0.25) is 5.02 Å². The van der Waals surface area contributed by atoms with Crippen LogP contribution in [0.5, 0.6) is 0 Å². The summed E-state index contributed by atoms with van der Waals surface area (Å²) in [6.07, 6.45) is 0. The van der Waals surface area contributed by atoms with Crippen molar-refractivity contribution in [3.05, 3.63) is 59.1 Å². The van der Waals surface area contributed by atoms with Crippen LogP contribution in [-0.2, 0) is 4.79 Å². The second kappa shape index (κ2) is 10.4. The first-order valence-corrected chi connectivity index (χ1v) is 11.0. The number of amides is 1. The monoisotopic (exact) mass is 460 g/mol. The summed E-state index contributed by atoms with van der Waals surface area (Å²) in [5.74, 6) is 0.587. The lowest BCUT2D eigenvalue weighted by Gasteiger charge is -2.12. The van der Waals surface area contributed by atoms with Gasteiger partial charge in [-0.25, -0.2) is 0 Å². The number of nitrogens with one attached hydrogen (secondary N) is 3. The van der Waals surface area contributed by atoms with E-state index in [1.807, 2.05) is 66.9 Å². The number of hydrogen-bond donors (Lipinski definition) is 3. The van der Waals surface area contributed by atoms with Gasteiger partial charge in [-0.2, -0.15) is 0 Å². The molecule has 0 aliphatic rings. The predicted octanol–water partition coefficient (Wildman–Crippen LogP) is 3.50. The zero-order valence-electron chi connectivity index (χ0n) is 16.5. The molecule has 0 radical (unpaired) electrons. The highest BCUT2D eigenvalue weighted by Gasteiger charge is 2.17. The summed E-state index contributed by atoms with van der Waals surface area (Å²) in [5, 5.41) is 13.2. The summed E-state index contributed by atoms with van der Waals surface area (Å²) < 4.78 is 1.93. The third-order valence-electron chi connectivity index (χ3n) is 4.01. The fourth-order valence-corrected chi connectivity index (χ4v) is 3.65. The fourth-order valence-electron chi connectivity index (χ4n) is 2.57. The van der Waals surface area contributed by atoms with Crippen LogP contribution in [0.4, 0.5) is 0 Å². The number of thioether (sulfide) groups is 1. The molecule has 1 aromatic heterocycles. The highest BCUT2D eigenvalue weighted by molar-refractivity contribution is 7.99. The lowest BCUT2D eigenvalue weighted by atomic mass is 10.2. The van der Waals surface area contributed by atoms with Crippen molar-refractivity contribution in [3.8, 4) is 17.1 Å². The maximum absolute atomic E-state index is 12.2. The van der Waals surface area contributed by atoms with E-state index >= 15 is 0 Å². The second-order valence-corrected chi connectivity index (χ2v) is 8.09. The topological polar surface area (TPSA) is 83.9 Å². The molecule has 3 N–H and O–H groups in total. The molecular weight excluding hydrogens is 440 g/mol. The Morgan fingerprint density at radius 3 is 2.47 bits per heavy atom. The van der Waals surface area contributed by atoms with Gasteiger partial charge < -0.3 is 5.32 Å². The molecular formula is C20H21ClN6OS2. The third-order valence-corrected chi connectivity index (χ3v) is 5.44. The van der Waals surface area contributed by atoms with Crippen LogP contribution in [0.3, 0.4) is 0 Å². The van der Waals surface area contributed by atoms with Gasteiger partial charge in [-0.05, 0) is 62.5 Å². The van der Waals surface area contributed by atoms with E-state index < -0.39 is 0 Å². The maximum Gasteiger partial charge on any atom is 0.248 e. The molecule has 0 bridgehead atoms. The van der Waals surface area contributed by atoms with Gasteiger partial charge in [-0.1, -0.05) is 41.1 Å². The molecule has 1 heterocycles. The van der Waals surface area contributed by atoms with Crippen LogP contribution in [0, 0.1) is 6.92 Å². The summed E-state index contributed by atoms with van der Waals surface area (Å²) in [7, 11) is 0. The van der Waals surface area contributed by atoms with Crippen molar-refractivity contribution in [2.75, 3.05) is 12.3 Å². The van der Waals surface area contributed by atoms with Gasteiger partial charge in [0.05, 0.1) is 5.75 Å². The number of carbonyl (C=O) groups is 1. The number of thiocarbonyl (C=S) groups is 1. The van der Waals surface area contributed by atoms with Gasteiger partial charge in [-0.3, -0.25) is 20.2 Å². The normalized spacial score (nSPS) is 10.5. The summed E-state index contributed by atoms with van der Waals surface area (Å²) in [6.45, 7) is 4.62. The lowest BCUT2D eigenvalue weighted by molar-refractivity contribution is -0.119. The molecule has 3 aromatic rings. The van der Waals surface area contributed by atoms with Gasteiger partial charge in [0.15, 0.2) is 16.1 Å². The Labute approximate surface area is 189 Å². The Hall–Kier alpha value is -2.62. The van der Waals surface area contributed by atoms with Crippen LogP contribution < -0.4 is 16.2 Å². The highest BCUT2D eigenvalue weighted by atomic mass is 35.5. The van der Waals surface area contributed by atoms with Gasteiger partial charge >= 0.3 is 0 Å². The standard InChI is InChI=1S/C20H21ClN6OS2/c1-3-22-19(29)25-23-17(28)12-30-20-26-24-18(14-6-8-15(21)9-7-14)27(20)16-10-4-13(2)5-11-16/h4-11H,3,12H2,1-2H3,(H,23,28)(H2,22,25,29). The van der Waals surface area contributed by atoms with E-state index in [-0.39, 0.29) is 11.7 Å². The Morgan fingerprint density at radius 1 is 1.10 bits per heavy atom. The molecule has 0 saturated heterocycles. The third kappa shape index (κ3) is 5.71. The number of hydrogen-bond acceptors (Lipinski definition) is 5. The summed E-state index contributed by atoms with van der Waals surface area (Å²) in [4.78, 5) is 12.2. The van der Waals surface area contributed by atoms with Crippen molar-refractivity contribution in [2.45, 2.75) is 19.0 Å². The lowest BCUT2D eigenvalue weighted by Crippen LogP contribution is -2.47. The van der Waals surface area contributed by atoms with Crippen LogP contribution in [0.25, 0.3) is 17.1 Å². The number of aromatic nitrogens is 3. The summed E-state index contributed by atoms with van der Waals surface area (Å²) in [6, 6.07) is 15.4. The van der Waals surface area contributed by atoms with Gasteiger partial charge in [0.25, 0.3) is 0 Å². The van der Waals surface area contributed by atoms with Gasteiger partial charge in [-0.15, -0.1) is 10.2 Å². The maximum atomic E-state index is 12.2. The van der Waals surface area contributed by atoms with Crippen molar-refractivity contribution in [2.24, 2.45) is 0 Å². The average Bonchev–Trinajstić information content (AvgIpc) is 3.16. The quantitative estimate of drug-likeness (QED) is 0.295. The van der Waals surface area contributed by atoms with Crippen molar-refractivity contribution < 1.29 is 4.79 Å². The Balaban J connectivity index is 1.82. The SMILES string of the molecule is CCNC(=S)NNC(=O)CSc1nnc(-c2ccc(Cl)cc2)n1-c1ccc(C)cc1. The number of halogens is 1. The average molecular weight is 461 g/mol. The fraction of sp³-hybridized carbons (Fsp3) is 0.200. The molecule has 10 heteroatoms. The Morgan fingerprint density at radius 2 is 1.80 bits per heavy atom. The van der Waals surface area contributed by atoms with Crippen LogP contribution in [0.15, 0.2) is 53.7 Å². The van der Waals surface area contributed by atoms with Crippen molar-refractivity contribution in [1.82, 2.24) is 30.9 Å². The molecule has 0 spiro atoms. The minimum Gasteiger partial charge on any atom is -0.362 e. The highest BCUT2D eigenvalue weighted by Crippen LogP contribution is 2.28. The molecule has 0 unspecified atom stereocenters. The first-order valence-electron chi connectivity index (χ1n) is 9.22. The van der Waals surface area contributed by atoms with Crippen LogP contribution in [0.1, 0.15) is 12.5 Å². The van der Waals surface area contributed by atoms with E-state index in [9.17, 15) is 4.79 Å². The smallest absolute Gasteiger partial charge is 0.248 e. The molecule has 0 aliphatic heterocycles. The zero-order valence-corrected chi connectivity index (χ0v) is 18.9. The molecule has 1 amide bonds. The van der Waals surface area contributed by atoms with E-state index in [1.165, 1.54) is 11.8 Å². The molecule has 0 aliphatic carbocycles. The number of hydrazine groups is 1. The number of nitrogens with zero attached hydrogens (tertiary/aromatic N) is 3. The number of benzene rings is 2. The molecule has 2 aromatic carbocycles. The van der Waals surface area contributed by atoms with Crippen molar-refractivity contribution in [3.63, 3.8) is 0 Å². The zero-order chi connectivity index (χ0) is 21.5. The van der Waals surface area contributed by atoms with Crippen molar-refractivity contribution in [1.29, 1.82) is 0 Å². The molecule has 156 valence electrons. The van der Waals surface area contributed by atoms with E-state index in [1.54, 1.807) is 0 Å². The van der Waals surface area contributed by atoms with E-state index in [0.29, 0.717) is 27.7 Å². The van der Waals surface area contributed by atoms with E-state index in [0.717, 1.165) is 16.8 Å². The number of rotatable bonds is 6. The van der Waals surface area contributed by atoms with Gasteiger partial charge in [0, 0.05) is 22.8 Å². The molecule has 3 rings (SSSR count). The minimum atomic E-state index is -0.230. The van der Waals surface area contributed by atoms with E-state index in [4.69, 9.17) is 23.8 Å². The molecule has 0 saturated carbocycles. The van der Waals surface area contributed by atoms with E-state index in [2.05, 4.69) is 26.4 Å². The van der Waals surface area contributed by atoms with Crippen LogP contribution >= 0.6 is 35.6 Å². The second-order valence-electron chi connectivity index (χ2n) is 6.31. The largest absolute Gasteiger partial charge is 0.362 e.